The molecular formula is C20H12ClFN2. The average Bonchev–Trinajstić information content (AvgIpc) is 2.61. The van der Waals surface area contributed by atoms with E-state index in [1.807, 2.05) is 30.3 Å². The molecule has 4 heteroatoms. The predicted molar refractivity (Wildman–Crippen MR) is 94.9 cm³/mol. The standard InChI is InChI=1S/C20H12ClFN2/c1-2-13-5-7-15(10-18(13)21)20-17(4-3-9-24-20)14-6-8-16(12-23)19(22)11-14/h2-11H,1H2. The molecule has 0 spiro atoms. The Labute approximate surface area is 144 Å². The zero-order chi connectivity index (χ0) is 17.1. The highest BCUT2D eigenvalue weighted by Gasteiger charge is 2.12. The van der Waals surface area contributed by atoms with Crippen LogP contribution in [0.2, 0.25) is 5.02 Å². The molecule has 3 aromatic rings. The minimum absolute atomic E-state index is 0.0163. The Hall–Kier alpha value is -2.96. The molecule has 2 nitrogen and oxygen atoms in total. The number of nitrogens with zero attached hydrogens (tertiary/aromatic N) is 2. The van der Waals surface area contributed by atoms with Gasteiger partial charge in [0.05, 0.1) is 11.3 Å². The first-order valence-electron chi connectivity index (χ1n) is 7.21. The van der Waals surface area contributed by atoms with E-state index < -0.39 is 5.82 Å². The van der Waals surface area contributed by atoms with E-state index in [1.54, 1.807) is 24.4 Å². The summed E-state index contributed by atoms with van der Waals surface area (Å²) in [4.78, 5) is 4.42. The van der Waals surface area contributed by atoms with E-state index in [-0.39, 0.29) is 5.56 Å². The van der Waals surface area contributed by atoms with Crippen molar-refractivity contribution in [3.05, 3.63) is 83.3 Å². The first-order chi connectivity index (χ1) is 11.6. The molecule has 1 heterocycles. The molecule has 3 rings (SSSR count). The van der Waals surface area contributed by atoms with Crippen molar-refractivity contribution in [2.75, 3.05) is 0 Å². The number of hydrogen-bond donors (Lipinski definition) is 0. The van der Waals surface area contributed by atoms with Gasteiger partial charge in [0.1, 0.15) is 11.9 Å². The van der Waals surface area contributed by atoms with Crippen molar-refractivity contribution in [1.82, 2.24) is 4.98 Å². The van der Waals surface area contributed by atoms with Crippen molar-refractivity contribution < 1.29 is 4.39 Å². The number of halogens is 2. The molecule has 0 amide bonds. The van der Waals surface area contributed by atoms with Gasteiger partial charge in [-0.15, -0.1) is 0 Å². The highest BCUT2D eigenvalue weighted by molar-refractivity contribution is 6.32. The Morgan fingerprint density at radius 1 is 1.12 bits per heavy atom. The van der Waals surface area contributed by atoms with Crippen LogP contribution in [0.25, 0.3) is 28.5 Å². The molecule has 0 saturated carbocycles. The van der Waals surface area contributed by atoms with Crippen LogP contribution in [0.1, 0.15) is 11.1 Å². The van der Waals surface area contributed by atoms with Crippen molar-refractivity contribution in [2.24, 2.45) is 0 Å². The largest absolute Gasteiger partial charge is 0.256 e. The van der Waals surface area contributed by atoms with Gasteiger partial charge in [-0.25, -0.2) is 4.39 Å². The van der Waals surface area contributed by atoms with Gasteiger partial charge in [-0.2, -0.15) is 5.26 Å². The van der Waals surface area contributed by atoms with Crippen molar-refractivity contribution in [3.63, 3.8) is 0 Å². The van der Waals surface area contributed by atoms with Gasteiger partial charge < -0.3 is 0 Å². The molecule has 0 N–H and O–H groups in total. The highest BCUT2D eigenvalue weighted by Crippen LogP contribution is 2.33. The summed E-state index contributed by atoms with van der Waals surface area (Å²) in [5.41, 5.74) is 3.79. The maximum atomic E-state index is 14.0. The third-order valence-corrected chi connectivity index (χ3v) is 4.03. The van der Waals surface area contributed by atoms with Gasteiger partial charge in [0.25, 0.3) is 0 Å². The zero-order valence-corrected chi connectivity index (χ0v) is 13.4. The number of rotatable bonds is 3. The topological polar surface area (TPSA) is 36.7 Å². The Morgan fingerprint density at radius 3 is 2.58 bits per heavy atom. The Bertz CT molecular complexity index is 974. The van der Waals surface area contributed by atoms with Gasteiger partial charge in [-0.1, -0.05) is 48.5 Å². The van der Waals surface area contributed by atoms with E-state index in [0.717, 1.165) is 16.7 Å². The summed E-state index contributed by atoms with van der Waals surface area (Å²) in [6.45, 7) is 3.72. The molecular weight excluding hydrogens is 323 g/mol. The van der Waals surface area contributed by atoms with E-state index >= 15 is 0 Å². The maximum absolute atomic E-state index is 14.0. The molecule has 1 aromatic heterocycles. The van der Waals surface area contributed by atoms with Crippen LogP contribution < -0.4 is 0 Å². The number of aromatic nitrogens is 1. The van der Waals surface area contributed by atoms with Crippen molar-refractivity contribution in [2.45, 2.75) is 0 Å². The second kappa shape index (κ2) is 6.66. The van der Waals surface area contributed by atoms with Gasteiger partial charge >= 0.3 is 0 Å². The van der Waals surface area contributed by atoms with E-state index in [2.05, 4.69) is 11.6 Å². The van der Waals surface area contributed by atoms with Crippen molar-refractivity contribution >= 4 is 17.7 Å². The zero-order valence-electron chi connectivity index (χ0n) is 12.6. The predicted octanol–water partition coefficient (Wildman–Crippen LogP) is 5.72. The lowest BCUT2D eigenvalue weighted by atomic mass is 9.97. The molecule has 0 atom stereocenters. The molecule has 2 aromatic carbocycles. The van der Waals surface area contributed by atoms with E-state index in [4.69, 9.17) is 16.9 Å². The van der Waals surface area contributed by atoms with Crippen LogP contribution in [0.4, 0.5) is 4.39 Å². The van der Waals surface area contributed by atoms with Crippen LogP contribution in [0.3, 0.4) is 0 Å². The second-order valence-electron chi connectivity index (χ2n) is 5.15. The quantitative estimate of drug-likeness (QED) is 0.614. The third-order valence-electron chi connectivity index (χ3n) is 3.70. The monoisotopic (exact) mass is 334 g/mol. The SMILES string of the molecule is C=Cc1ccc(-c2ncccc2-c2ccc(C#N)c(F)c2)cc1Cl. The maximum Gasteiger partial charge on any atom is 0.141 e. The smallest absolute Gasteiger partial charge is 0.141 e. The van der Waals surface area contributed by atoms with E-state index in [9.17, 15) is 4.39 Å². The fourth-order valence-corrected chi connectivity index (χ4v) is 2.74. The van der Waals surface area contributed by atoms with Crippen LogP contribution in [0, 0.1) is 17.1 Å². The first kappa shape index (κ1) is 15.9. The molecule has 0 fully saturated rings. The van der Waals surface area contributed by atoms with Gasteiger partial charge in [0.15, 0.2) is 0 Å². The fourth-order valence-electron chi connectivity index (χ4n) is 2.48. The minimum atomic E-state index is -0.551. The summed E-state index contributed by atoms with van der Waals surface area (Å²) in [5, 5.41) is 9.44. The van der Waals surface area contributed by atoms with E-state index in [0.29, 0.717) is 16.3 Å². The van der Waals surface area contributed by atoms with Gasteiger partial charge in [0.2, 0.25) is 0 Å². The number of benzene rings is 2. The molecule has 0 unspecified atom stereocenters. The molecule has 24 heavy (non-hydrogen) atoms. The van der Waals surface area contributed by atoms with Crippen LogP contribution >= 0.6 is 11.6 Å². The molecule has 0 aliphatic heterocycles. The number of hydrogen-bond acceptors (Lipinski definition) is 2. The van der Waals surface area contributed by atoms with Crippen LogP contribution in [0.5, 0.6) is 0 Å². The lowest BCUT2D eigenvalue weighted by molar-refractivity contribution is 0.624. The summed E-state index contributed by atoms with van der Waals surface area (Å²) in [5.74, 6) is -0.551. The first-order valence-corrected chi connectivity index (χ1v) is 7.59. The Kier molecular flexibility index (Phi) is 4.41. The number of pyridine rings is 1. The summed E-state index contributed by atoms with van der Waals surface area (Å²) >= 11 is 6.25. The third kappa shape index (κ3) is 2.92. The van der Waals surface area contributed by atoms with Crippen molar-refractivity contribution in [1.29, 1.82) is 5.26 Å². The molecule has 0 bridgehead atoms. The normalized spacial score (nSPS) is 10.2. The fraction of sp³-hybridized carbons (Fsp3) is 0. The molecule has 0 radical (unpaired) electrons. The molecule has 0 aliphatic rings. The second-order valence-corrected chi connectivity index (χ2v) is 5.55. The summed E-state index contributed by atoms with van der Waals surface area (Å²) in [6.07, 6.45) is 3.36. The molecule has 116 valence electrons. The van der Waals surface area contributed by atoms with Gasteiger partial charge in [-0.05, 0) is 35.4 Å². The summed E-state index contributed by atoms with van der Waals surface area (Å²) in [6, 6.07) is 15.6. The van der Waals surface area contributed by atoms with Crippen molar-refractivity contribution in [3.8, 4) is 28.5 Å². The highest BCUT2D eigenvalue weighted by atomic mass is 35.5. The summed E-state index contributed by atoms with van der Waals surface area (Å²) in [7, 11) is 0. The Morgan fingerprint density at radius 2 is 1.92 bits per heavy atom. The van der Waals surface area contributed by atoms with Crippen LogP contribution in [-0.2, 0) is 0 Å². The number of nitriles is 1. The average molecular weight is 335 g/mol. The van der Waals surface area contributed by atoms with Crippen LogP contribution in [0.15, 0.2) is 61.3 Å². The Balaban J connectivity index is 2.15. The summed E-state index contributed by atoms with van der Waals surface area (Å²) < 4.78 is 14.0. The van der Waals surface area contributed by atoms with Crippen LogP contribution in [-0.4, -0.2) is 4.98 Å². The molecule has 0 aliphatic carbocycles. The van der Waals surface area contributed by atoms with E-state index in [1.165, 1.54) is 12.1 Å². The lowest BCUT2D eigenvalue weighted by Crippen LogP contribution is -1.91. The minimum Gasteiger partial charge on any atom is -0.256 e. The lowest BCUT2D eigenvalue weighted by Gasteiger charge is -2.10. The van der Waals surface area contributed by atoms with Gasteiger partial charge in [-0.3, -0.25) is 4.98 Å². The molecule has 0 saturated heterocycles. The van der Waals surface area contributed by atoms with Gasteiger partial charge in [0, 0.05) is 22.3 Å².